The number of nitrogens with zero attached hydrogens (tertiary/aromatic N) is 5. The molecule has 0 aliphatic rings. The van der Waals surface area contributed by atoms with E-state index < -0.39 is 0 Å². The van der Waals surface area contributed by atoms with Crippen molar-refractivity contribution in [2.75, 3.05) is 11.1 Å². The summed E-state index contributed by atoms with van der Waals surface area (Å²) in [5.74, 6) is 0.119. The van der Waals surface area contributed by atoms with Gasteiger partial charge in [0, 0.05) is 11.6 Å². The Kier molecular flexibility index (Phi) is 3.09. The van der Waals surface area contributed by atoms with Crippen LogP contribution in [0, 0.1) is 0 Å². The van der Waals surface area contributed by atoms with E-state index in [9.17, 15) is 4.79 Å². The highest BCUT2D eigenvalue weighted by Crippen LogP contribution is 2.18. The van der Waals surface area contributed by atoms with E-state index in [1.807, 2.05) is 0 Å². The Labute approximate surface area is 117 Å². The van der Waals surface area contributed by atoms with E-state index in [2.05, 4.69) is 25.4 Å². The second kappa shape index (κ2) is 5.05. The zero-order valence-corrected chi connectivity index (χ0v) is 10.9. The van der Waals surface area contributed by atoms with E-state index in [0.29, 0.717) is 16.6 Å². The number of carbonyl (C=O) groups excluding carboxylic acids is 1. The summed E-state index contributed by atoms with van der Waals surface area (Å²) in [7, 11) is 0. The lowest BCUT2D eigenvalue weighted by molar-refractivity contribution is 0.102. The van der Waals surface area contributed by atoms with Crippen LogP contribution in [0.15, 0.2) is 36.4 Å². The number of pyridine rings is 1. The highest BCUT2D eigenvalue weighted by Gasteiger charge is 2.13. The van der Waals surface area contributed by atoms with Gasteiger partial charge < -0.3 is 11.1 Å². The Balaban J connectivity index is 1.90. The molecule has 0 aliphatic heterocycles. The fourth-order valence-electron chi connectivity index (χ4n) is 1.57. The zero-order valence-electron chi connectivity index (χ0n) is 10.1. The van der Waals surface area contributed by atoms with Gasteiger partial charge in [-0.1, -0.05) is 0 Å². The lowest BCUT2D eigenvalue weighted by atomic mass is 10.3. The molecule has 0 bridgehead atoms. The molecule has 100 valence electrons. The van der Waals surface area contributed by atoms with Crippen molar-refractivity contribution in [2.24, 2.45) is 0 Å². The van der Waals surface area contributed by atoms with Crippen molar-refractivity contribution in [2.45, 2.75) is 0 Å². The van der Waals surface area contributed by atoms with Crippen LogP contribution >= 0.6 is 11.3 Å². The molecule has 0 saturated carbocycles. The van der Waals surface area contributed by atoms with Gasteiger partial charge in [-0.05, 0) is 12.1 Å². The molecule has 0 radical (unpaired) electrons. The number of aromatic nitrogens is 5. The number of rotatable bonds is 3. The molecule has 1 amide bonds. The molecule has 9 heteroatoms. The van der Waals surface area contributed by atoms with E-state index in [4.69, 9.17) is 5.73 Å². The molecular weight excluding hydrogens is 278 g/mol. The quantitative estimate of drug-likeness (QED) is 0.742. The molecule has 0 spiro atoms. The summed E-state index contributed by atoms with van der Waals surface area (Å²) in [6.07, 6.45) is 4.49. The van der Waals surface area contributed by atoms with Crippen molar-refractivity contribution < 1.29 is 4.79 Å². The molecular formula is C11H9N7OS. The number of amides is 1. The molecule has 0 aromatic carbocycles. The van der Waals surface area contributed by atoms with Crippen LogP contribution in [0.2, 0.25) is 0 Å². The van der Waals surface area contributed by atoms with Crippen LogP contribution in [-0.4, -0.2) is 30.6 Å². The van der Waals surface area contributed by atoms with Gasteiger partial charge in [-0.2, -0.15) is 5.10 Å². The number of anilines is 2. The molecule has 0 atom stereocenters. The minimum atomic E-state index is -0.354. The van der Waals surface area contributed by atoms with Gasteiger partial charge in [0.1, 0.15) is 18.3 Å². The van der Waals surface area contributed by atoms with Gasteiger partial charge in [0.15, 0.2) is 10.9 Å². The maximum Gasteiger partial charge on any atom is 0.275 e. The smallest absolute Gasteiger partial charge is 0.275 e. The number of thiazole rings is 1. The Morgan fingerprint density at radius 1 is 1.45 bits per heavy atom. The van der Waals surface area contributed by atoms with Crippen molar-refractivity contribution in [1.29, 1.82) is 0 Å². The van der Waals surface area contributed by atoms with Crippen LogP contribution in [0.1, 0.15) is 10.5 Å². The van der Waals surface area contributed by atoms with E-state index >= 15 is 0 Å². The van der Waals surface area contributed by atoms with Crippen LogP contribution in [0.4, 0.5) is 10.8 Å². The minimum absolute atomic E-state index is 0.265. The predicted molar refractivity (Wildman–Crippen MR) is 73.6 cm³/mol. The molecule has 3 heterocycles. The van der Waals surface area contributed by atoms with Gasteiger partial charge in [0.2, 0.25) is 0 Å². The number of nitrogens with one attached hydrogen (secondary N) is 1. The zero-order chi connectivity index (χ0) is 13.9. The van der Waals surface area contributed by atoms with Crippen LogP contribution in [0.3, 0.4) is 0 Å². The highest BCUT2D eigenvalue weighted by atomic mass is 32.1. The van der Waals surface area contributed by atoms with Crippen molar-refractivity contribution in [1.82, 2.24) is 24.7 Å². The fraction of sp³-hybridized carbons (Fsp3) is 0. The lowest BCUT2D eigenvalue weighted by Crippen LogP contribution is -2.15. The predicted octanol–water partition coefficient (Wildman–Crippen LogP) is 0.953. The highest BCUT2D eigenvalue weighted by molar-refractivity contribution is 7.13. The molecule has 8 nitrogen and oxygen atoms in total. The summed E-state index contributed by atoms with van der Waals surface area (Å²) in [6.45, 7) is 0. The van der Waals surface area contributed by atoms with Gasteiger partial charge in [0.25, 0.3) is 5.91 Å². The molecule has 0 saturated heterocycles. The van der Waals surface area contributed by atoms with Crippen LogP contribution in [0.25, 0.3) is 5.82 Å². The molecule has 0 aliphatic carbocycles. The van der Waals surface area contributed by atoms with Gasteiger partial charge in [-0.25, -0.2) is 19.6 Å². The van der Waals surface area contributed by atoms with Crippen molar-refractivity contribution in [3.63, 3.8) is 0 Å². The summed E-state index contributed by atoms with van der Waals surface area (Å²) in [4.78, 5) is 24.0. The number of nitrogen functional groups attached to an aromatic ring is 1. The average molecular weight is 287 g/mol. The SMILES string of the molecule is Nc1nc(C(=O)Nc2cccnc2-n2cncn2)cs1. The number of carbonyl (C=O) groups is 1. The summed E-state index contributed by atoms with van der Waals surface area (Å²) in [5.41, 5.74) is 6.28. The first-order valence-electron chi connectivity index (χ1n) is 5.56. The number of nitrogens with two attached hydrogens (primary N) is 1. The summed E-state index contributed by atoms with van der Waals surface area (Å²) < 4.78 is 1.46. The molecule has 3 N–H and O–H groups in total. The topological polar surface area (TPSA) is 112 Å². The second-order valence-corrected chi connectivity index (χ2v) is 4.63. The van der Waals surface area contributed by atoms with Crippen LogP contribution in [-0.2, 0) is 0 Å². The van der Waals surface area contributed by atoms with Gasteiger partial charge in [-0.15, -0.1) is 11.3 Å². The standard InChI is InChI=1S/C11H9N7OS/c12-11-17-8(4-20-11)10(19)16-7-2-1-3-14-9(7)18-6-13-5-15-18/h1-6H,(H2,12,17)(H,16,19). The third kappa shape index (κ3) is 2.34. The second-order valence-electron chi connectivity index (χ2n) is 3.74. The normalized spacial score (nSPS) is 10.4. The molecule has 3 aromatic rings. The largest absolute Gasteiger partial charge is 0.375 e. The van der Waals surface area contributed by atoms with E-state index in [0.717, 1.165) is 0 Å². The Bertz CT molecular complexity index is 737. The van der Waals surface area contributed by atoms with Crippen LogP contribution in [0.5, 0.6) is 0 Å². The Hall–Kier alpha value is -2.81. The van der Waals surface area contributed by atoms with Crippen LogP contribution < -0.4 is 11.1 Å². The van der Waals surface area contributed by atoms with Crippen molar-refractivity contribution in [3.8, 4) is 5.82 Å². The van der Waals surface area contributed by atoms with Crippen molar-refractivity contribution in [3.05, 3.63) is 42.1 Å². The van der Waals surface area contributed by atoms with E-state index in [1.165, 1.54) is 28.7 Å². The van der Waals surface area contributed by atoms with Gasteiger partial charge >= 0.3 is 0 Å². The molecule has 20 heavy (non-hydrogen) atoms. The first-order valence-corrected chi connectivity index (χ1v) is 6.44. The molecule has 3 rings (SSSR count). The monoisotopic (exact) mass is 287 g/mol. The third-order valence-electron chi connectivity index (χ3n) is 2.43. The van der Waals surface area contributed by atoms with Crippen molar-refractivity contribution >= 4 is 28.1 Å². The number of hydrogen-bond donors (Lipinski definition) is 2. The maximum atomic E-state index is 12.1. The summed E-state index contributed by atoms with van der Waals surface area (Å²) >= 11 is 1.21. The first-order chi connectivity index (χ1) is 9.74. The van der Waals surface area contributed by atoms with Gasteiger partial charge in [-0.3, -0.25) is 4.79 Å². The van der Waals surface area contributed by atoms with E-state index in [1.54, 1.807) is 23.7 Å². The summed E-state index contributed by atoms with van der Waals surface area (Å²) in [5, 5.41) is 8.66. The first kappa shape index (κ1) is 12.2. The molecule has 3 aromatic heterocycles. The number of hydrogen-bond acceptors (Lipinski definition) is 7. The third-order valence-corrected chi connectivity index (χ3v) is 3.10. The average Bonchev–Trinajstić information content (AvgIpc) is 3.10. The Morgan fingerprint density at radius 2 is 2.35 bits per heavy atom. The Morgan fingerprint density at radius 3 is 3.05 bits per heavy atom. The van der Waals surface area contributed by atoms with E-state index in [-0.39, 0.29) is 11.6 Å². The lowest BCUT2D eigenvalue weighted by Gasteiger charge is -2.08. The van der Waals surface area contributed by atoms with Gasteiger partial charge in [0.05, 0.1) is 5.69 Å². The maximum absolute atomic E-state index is 12.1. The molecule has 0 unspecified atom stereocenters. The minimum Gasteiger partial charge on any atom is -0.375 e. The fourth-order valence-corrected chi connectivity index (χ4v) is 2.12. The molecule has 0 fully saturated rings. The summed E-state index contributed by atoms with van der Waals surface area (Å²) in [6, 6.07) is 3.43.